The summed E-state index contributed by atoms with van der Waals surface area (Å²) in [7, 11) is 0. The number of carbonyl (C=O) groups is 1. The van der Waals surface area contributed by atoms with Gasteiger partial charge in [0.15, 0.2) is 0 Å². The minimum Gasteiger partial charge on any atom is -0.350 e. The third-order valence-electron chi connectivity index (χ3n) is 6.14. The van der Waals surface area contributed by atoms with Crippen molar-refractivity contribution >= 4 is 28.3 Å². The van der Waals surface area contributed by atoms with E-state index in [1.54, 1.807) is 29.5 Å². The summed E-state index contributed by atoms with van der Waals surface area (Å²) in [4.78, 5) is 43.2. The van der Waals surface area contributed by atoms with E-state index >= 15 is 0 Å². The molecule has 31 heavy (non-hydrogen) atoms. The normalized spacial score (nSPS) is 16.5. The summed E-state index contributed by atoms with van der Waals surface area (Å²) in [5, 5.41) is 5.15. The maximum Gasteiger partial charge on any atom is 0.316 e. The number of carbonyl (C=O) groups excluding carboxylic acids is 1. The lowest BCUT2D eigenvalue weighted by molar-refractivity contribution is 0.0915. The molecule has 2 N–H and O–H groups in total. The minimum atomic E-state index is -0.677. The van der Waals surface area contributed by atoms with Gasteiger partial charge in [0.05, 0.1) is 17.1 Å². The van der Waals surface area contributed by atoms with E-state index in [0.717, 1.165) is 19.0 Å². The third-order valence-corrected chi connectivity index (χ3v) is 7.11. The van der Waals surface area contributed by atoms with E-state index in [1.165, 1.54) is 22.3 Å². The number of hydrogen-bond acceptors (Lipinski definition) is 5. The molecule has 0 spiro atoms. The molecule has 1 saturated heterocycles. The standard InChI is InChI=1S/C23H28N4O3S/c1-3-27-18-7-6-16(13-17(18)25-22(29)23(27)30)21(28)24-14-19(20-5-4-12-31-20)26-10-8-15(2)9-11-26/h4-7,12-13,15,19H,3,8-11,14H2,1-2H3,(H,24,28)(H,25,29). The molecule has 1 aliphatic heterocycles. The number of hydrogen-bond donors (Lipinski definition) is 2. The number of aromatic amines is 1. The highest BCUT2D eigenvalue weighted by Crippen LogP contribution is 2.29. The Morgan fingerprint density at radius 1 is 1.26 bits per heavy atom. The predicted octanol–water partition coefficient (Wildman–Crippen LogP) is 2.97. The molecule has 4 rings (SSSR count). The molecule has 1 amide bonds. The number of piperidine rings is 1. The summed E-state index contributed by atoms with van der Waals surface area (Å²) < 4.78 is 1.42. The van der Waals surface area contributed by atoms with Gasteiger partial charge >= 0.3 is 11.1 Å². The van der Waals surface area contributed by atoms with E-state index in [-0.39, 0.29) is 11.9 Å². The lowest BCUT2D eigenvalue weighted by atomic mass is 9.97. The third kappa shape index (κ3) is 4.50. The SMILES string of the molecule is CCn1c(=O)c(=O)[nH]c2cc(C(=O)NCC(c3cccs3)N3CCC(C)CC3)ccc21. The van der Waals surface area contributed by atoms with Gasteiger partial charge in [0.2, 0.25) is 0 Å². The van der Waals surface area contributed by atoms with Crippen LogP contribution < -0.4 is 16.4 Å². The van der Waals surface area contributed by atoms with Crippen LogP contribution in [0.15, 0.2) is 45.3 Å². The van der Waals surface area contributed by atoms with Gasteiger partial charge in [0, 0.05) is 23.5 Å². The Morgan fingerprint density at radius 2 is 2.03 bits per heavy atom. The Bertz CT molecular complexity index is 1170. The fourth-order valence-electron chi connectivity index (χ4n) is 4.26. The molecule has 7 nitrogen and oxygen atoms in total. The van der Waals surface area contributed by atoms with Gasteiger partial charge in [0.1, 0.15) is 0 Å². The lowest BCUT2D eigenvalue weighted by Gasteiger charge is -2.36. The summed E-state index contributed by atoms with van der Waals surface area (Å²) in [6.07, 6.45) is 2.35. The zero-order valence-corrected chi connectivity index (χ0v) is 18.7. The number of nitrogens with one attached hydrogen (secondary N) is 2. The minimum absolute atomic E-state index is 0.155. The number of aromatic nitrogens is 2. The number of fused-ring (bicyclic) bond motifs is 1. The first-order valence-corrected chi connectivity index (χ1v) is 11.7. The van der Waals surface area contributed by atoms with E-state index in [2.05, 4.69) is 33.6 Å². The van der Waals surface area contributed by atoms with Crippen molar-refractivity contribution in [2.24, 2.45) is 5.92 Å². The van der Waals surface area contributed by atoms with Crippen LogP contribution in [0, 0.1) is 5.92 Å². The molecule has 1 atom stereocenters. The summed E-state index contributed by atoms with van der Waals surface area (Å²) in [5.74, 6) is 0.555. The molecule has 2 aromatic heterocycles. The molecule has 0 radical (unpaired) electrons. The lowest BCUT2D eigenvalue weighted by Crippen LogP contribution is -2.41. The zero-order valence-electron chi connectivity index (χ0n) is 17.9. The van der Waals surface area contributed by atoms with Gasteiger partial charge in [-0.25, -0.2) is 0 Å². The highest BCUT2D eigenvalue weighted by Gasteiger charge is 2.26. The van der Waals surface area contributed by atoms with Crippen LogP contribution in [-0.4, -0.2) is 40.0 Å². The Labute approximate surface area is 184 Å². The van der Waals surface area contributed by atoms with Crippen molar-refractivity contribution in [1.82, 2.24) is 19.8 Å². The molecule has 8 heteroatoms. The molecular weight excluding hydrogens is 412 g/mol. The number of amides is 1. The fraction of sp³-hybridized carbons (Fsp3) is 0.435. The second-order valence-electron chi connectivity index (χ2n) is 8.20. The highest BCUT2D eigenvalue weighted by molar-refractivity contribution is 7.10. The van der Waals surface area contributed by atoms with Crippen molar-refractivity contribution in [2.45, 2.75) is 39.3 Å². The highest BCUT2D eigenvalue weighted by atomic mass is 32.1. The first-order valence-electron chi connectivity index (χ1n) is 10.8. The fourth-order valence-corrected chi connectivity index (χ4v) is 5.12. The van der Waals surface area contributed by atoms with Crippen molar-refractivity contribution < 1.29 is 4.79 Å². The Hall–Kier alpha value is -2.71. The number of H-pyrrole nitrogens is 1. The van der Waals surface area contributed by atoms with Gasteiger partial charge in [-0.3, -0.25) is 19.3 Å². The summed E-state index contributed by atoms with van der Waals surface area (Å²) in [5.41, 5.74) is 0.300. The molecule has 1 aromatic carbocycles. The second-order valence-corrected chi connectivity index (χ2v) is 9.17. The van der Waals surface area contributed by atoms with Crippen molar-refractivity contribution in [3.8, 4) is 0 Å². The predicted molar refractivity (Wildman–Crippen MR) is 124 cm³/mol. The Kier molecular flexibility index (Phi) is 6.38. The largest absolute Gasteiger partial charge is 0.350 e. The van der Waals surface area contributed by atoms with Gasteiger partial charge in [-0.2, -0.15) is 0 Å². The van der Waals surface area contributed by atoms with Gasteiger partial charge in [-0.1, -0.05) is 13.0 Å². The van der Waals surface area contributed by atoms with Crippen LogP contribution in [0.3, 0.4) is 0 Å². The monoisotopic (exact) mass is 440 g/mol. The molecule has 0 aliphatic carbocycles. The second kappa shape index (κ2) is 9.20. The first-order chi connectivity index (χ1) is 15.0. The van der Waals surface area contributed by atoms with E-state index < -0.39 is 11.1 Å². The maximum atomic E-state index is 12.9. The van der Waals surface area contributed by atoms with Crippen LogP contribution in [0.1, 0.15) is 48.0 Å². The van der Waals surface area contributed by atoms with Crippen LogP contribution >= 0.6 is 11.3 Å². The van der Waals surface area contributed by atoms with Gasteiger partial charge in [-0.05, 0) is 68.4 Å². The van der Waals surface area contributed by atoms with Crippen LogP contribution in [0.5, 0.6) is 0 Å². The van der Waals surface area contributed by atoms with E-state index in [4.69, 9.17) is 0 Å². The van der Waals surface area contributed by atoms with Crippen LogP contribution in [0.4, 0.5) is 0 Å². The van der Waals surface area contributed by atoms with E-state index in [1.807, 2.05) is 13.0 Å². The van der Waals surface area contributed by atoms with Crippen molar-refractivity contribution in [3.63, 3.8) is 0 Å². The summed E-state index contributed by atoms with van der Waals surface area (Å²) >= 11 is 1.72. The molecule has 0 bridgehead atoms. The number of rotatable bonds is 6. The topological polar surface area (TPSA) is 87.2 Å². The molecule has 164 valence electrons. The maximum absolute atomic E-state index is 12.9. The molecular formula is C23H28N4O3S. The van der Waals surface area contributed by atoms with Crippen molar-refractivity contribution in [3.05, 3.63) is 66.9 Å². The molecule has 3 aromatic rings. The number of thiophene rings is 1. The number of nitrogens with zero attached hydrogens (tertiary/aromatic N) is 2. The van der Waals surface area contributed by atoms with Crippen LogP contribution in [0.2, 0.25) is 0 Å². The smallest absolute Gasteiger partial charge is 0.316 e. The first kappa shape index (κ1) is 21.5. The molecule has 1 aliphatic rings. The van der Waals surface area contributed by atoms with E-state index in [9.17, 15) is 14.4 Å². The molecule has 3 heterocycles. The average Bonchev–Trinajstić information content (AvgIpc) is 3.30. The summed E-state index contributed by atoms with van der Waals surface area (Å²) in [6.45, 7) is 7.09. The Balaban J connectivity index is 1.54. The van der Waals surface area contributed by atoms with Crippen molar-refractivity contribution in [2.75, 3.05) is 19.6 Å². The Morgan fingerprint density at radius 3 is 2.71 bits per heavy atom. The quantitative estimate of drug-likeness (QED) is 0.577. The number of aryl methyl sites for hydroxylation is 1. The average molecular weight is 441 g/mol. The molecule has 1 unspecified atom stereocenters. The van der Waals surface area contributed by atoms with Crippen LogP contribution in [0.25, 0.3) is 11.0 Å². The van der Waals surface area contributed by atoms with Crippen LogP contribution in [-0.2, 0) is 6.54 Å². The number of benzene rings is 1. The van der Waals surface area contributed by atoms with Gasteiger partial charge < -0.3 is 14.9 Å². The zero-order chi connectivity index (χ0) is 22.0. The van der Waals surface area contributed by atoms with Gasteiger partial charge in [0.25, 0.3) is 5.91 Å². The van der Waals surface area contributed by atoms with E-state index in [0.29, 0.717) is 29.7 Å². The van der Waals surface area contributed by atoms with Crippen molar-refractivity contribution in [1.29, 1.82) is 0 Å². The number of likely N-dealkylation sites (tertiary alicyclic amines) is 1. The molecule has 1 fully saturated rings. The molecule has 0 saturated carbocycles. The van der Waals surface area contributed by atoms with Gasteiger partial charge in [-0.15, -0.1) is 11.3 Å². The summed E-state index contributed by atoms with van der Waals surface area (Å²) in [6, 6.07) is 9.39.